The van der Waals surface area contributed by atoms with Gasteiger partial charge in [0.05, 0.1) is 0 Å². The molecule has 4 nitrogen and oxygen atoms in total. The van der Waals surface area contributed by atoms with Gasteiger partial charge in [0, 0.05) is 38.3 Å². The fourth-order valence-electron chi connectivity index (χ4n) is 2.42. The minimum atomic E-state index is 0. The van der Waals surface area contributed by atoms with E-state index in [1.165, 1.54) is 5.69 Å². The van der Waals surface area contributed by atoms with Crippen molar-refractivity contribution in [2.45, 2.75) is 19.8 Å². The molecule has 0 spiro atoms. The van der Waals surface area contributed by atoms with Crippen LogP contribution in [0.15, 0.2) is 30.3 Å². The van der Waals surface area contributed by atoms with Crippen LogP contribution in [0.2, 0.25) is 0 Å². The van der Waals surface area contributed by atoms with Crippen molar-refractivity contribution in [1.29, 1.82) is 0 Å². The Bertz CT molecular complexity index is 379. The van der Waals surface area contributed by atoms with Crippen molar-refractivity contribution in [2.75, 3.05) is 37.6 Å². The van der Waals surface area contributed by atoms with Crippen LogP contribution in [-0.2, 0) is 4.79 Å². The topological polar surface area (TPSA) is 55.1 Å². The summed E-state index contributed by atoms with van der Waals surface area (Å²) in [5.41, 5.74) is 1.32. The molecule has 0 atom stereocenters. The van der Waals surface area contributed by atoms with Gasteiger partial charge in [-0.2, -0.15) is 0 Å². The van der Waals surface area contributed by atoms with Crippen molar-refractivity contribution in [3.63, 3.8) is 0 Å². The maximum atomic E-state index is 10.9. The number of anilines is 1. The summed E-state index contributed by atoms with van der Waals surface area (Å²) < 4.78 is 0. The SMILES string of the molecule is CC(=O)CCCN1CCN(c2ccccc2)CC1.Cl.O. The molecule has 1 aromatic rings. The molecule has 2 N–H and O–H groups in total. The molecule has 0 aromatic heterocycles. The third-order valence-electron chi connectivity index (χ3n) is 3.50. The van der Waals surface area contributed by atoms with Gasteiger partial charge in [0.15, 0.2) is 0 Å². The highest BCUT2D eigenvalue weighted by Gasteiger charge is 2.16. The number of piperazine rings is 1. The zero-order valence-corrected chi connectivity index (χ0v) is 12.9. The van der Waals surface area contributed by atoms with Crippen molar-refractivity contribution in [1.82, 2.24) is 4.90 Å². The number of benzene rings is 1. The summed E-state index contributed by atoms with van der Waals surface area (Å²) in [4.78, 5) is 15.8. The van der Waals surface area contributed by atoms with E-state index in [-0.39, 0.29) is 17.9 Å². The zero-order chi connectivity index (χ0) is 12.8. The summed E-state index contributed by atoms with van der Waals surface area (Å²) in [7, 11) is 0. The molecule has 0 saturated carbocycles. The van der Waals surface area contributed by atoms with E-state index in [2.05, 4.69) is 40.1 Å². The average molecular weight is 301 g/mol. The number of carbonyl (C=O) groups excluding carboxylic acids is 1. The fraction of sp³-hybridized carbons (Fsp3) is 0.533. The monoisotopic (exact) mass is 300 g/mol. The second-order valence-electron chi connectivity index (χ2n) is 4.97. The van der Waals surface area contributed by atoms with Crippen molar-refractivity contribution >= 4 is 23.9 Å². The van der Waals surface area contributed by atoms with E-state index in [1.54, 1.807) is 6.92 Å². The number of nitrogens with zero attached hydrogens (tertiary/aromatic N) is 2. The number of hydrogen-bond donors (Lipinski definition) is 0. The Labute approximate surface area is 127 Å². The lowest BCUT2D eigenvalue weighted by molar-refractivity contribution is -0.117. The fourth-order valence-corrected chi connectivity index (χ4v) is 2.42. The molecule has 1 fully saturated rings. The highest BCUT2D eigenvalue weighted by atomic mass is 35.5. The van der Waals surface area contributed by atoms with Gasteiger partial charge in [-0.3, -0.25) is 4.90 Å². The van der Waals surface area contributed by atoms with Crippen molar-refractivity contribution in [2.24, 2.45) is 0 Å². The second kappa shape index (κ2) is 9.75. The van der Waals surface area contributed by atoms with E-state index in [0.717, 1.165) is 45.6 Å². The predicted molar refractivity (Wildman–Crippen MR) is 85.9 cm³/mol. The lowest BCUT2D eigenvalue weighted by Crippen LogP contribution is -2.46. The number of hydrogen-bond acceptors (Lipinski definition) is 3. The number of rotatable bonds is 5. The molecular formula is C15H25ClN2O2. The molecular weight excluding hydrogens is 276 g/mol. The van der Waals surface area contributed by atoms with E-state index < -0.39 is 0 Å². The Morgan fingerprint density at radius 1 is 1.10 bits per heavy atom. The van der Waals surface area contributed by atoms with E-state index in [9.17, 15) is 4.79 Å². The smallest absolute Gasteiger partial charge is 0.129 e. The van der Waals surface area contributed by atoms with Gasteiger partial charge in [-0.25, -0.2) is 0 Å². The standard InChI is InChI=1S/C15H22N2O.ClH.H2O/c1-14(18)6-5-9-16-10-12-17(13-11-16)15-7-3-2-4-8-15;;/h2-4,7-8H,5-6,9-13H2,1H3;1H;1H2. The summed E-state index contributed by atoms with van der Waals surface area (Å²) >= 11 is 0. The Hall–Kier alpha value is -1.10. The predicted octanol–water partition coefficient (Wildman–Crippen LogP) is 1.77. The normalized spacial score (nSPS) is 15.2. The molecule has 0 bridgehead atoms. The van der Waals surface area contributed by atoms with E-state index in [4.69, 9.17) is 0 Å². The molecule has 0 unspecified atom stereocenters. The quantitative estimate of drug-likeness (QED) is 0.833. The maximum Gasteiger partial charge on any atom is 0.129 e. The van der Waals surface area contributed by atoms with E-state index in [0.29, 0.717) is 5.78 Å². The minimum Gasteiger partial charge on any atom is -0.412 e. The van der Waals surface area contributed by atoms with Gasteiger partial charge >= 0.3 is 0 Å². The van der Waals surface area contributed by atoms with Gasteiger partial charge < -0.3 is 15.2 Å². The van der Waals surface area contributed by atoms with Crippen LogP contribution in [-0.4, -0.2) is 48.9 Å². The lowest BCUT2D eigenvalue weighted by atomic mass is 10.2. The summed E-state index contributed by atoms with van der Waals surface area (Å²) in [5, 5.41) is 0. The molecule has 0 aliphatic carbocycles. The van der Waals surface area contributed by atoms with Crippen LogP contribution < -0.4 is 4.90 Å². The average Bonchev–Trinajstić information content (AvgIpc) is 2.40. The molecule has 114 valence electrons. The maximum absolute atomic E-state index is 10.9. The van der Waals surface area contributed by atoms with Gasteiger partial charge in [-0.15, -0.1) is 12.4 Å². The third-order valence-corrected chi connectivity index (χ3v) is 3.50. The summed E-state index contributed by atoms with van der Waals surface area (Å²) in [6.45, 7) is 7.11. The molecule has 1 aliphatic rings. The molecule has 5 heteroatoms. The van der Waals surface area contributed by atoms with Crippen LogP contribution in [0.1, 0.15) is 19.8 Å². The van der Waals surface area contributed by atoms with Gasteiger partial charge in [0.2, 0.25) is 0 Å². The Morgan fingerprint density at radius 2 is 1.70 bits per heavy atom. The number of Topliss-reactive ketones (excluding diaryl/α,β-unsaturated/α-hetero) is 1. The Morgan fingerprint density at radius 3 is 2.25 bits per heavy atom. The van der Waals surface area contributed by atoms with Crippen LogP contribution in [0.5, 0.6) is 0 Å². The first-order valence-corrected chi connectivity index (χ1v) is 6.77. The highest BCUT2D eigenvalue weighted by molar-refractivity contribution is 5.85. The molecule has 2 rings (SSSR count). The minimum absolute atomic E-state index is 0. The summed E-state index contributed by atoms with van der Waals surface area (Å²) in [5.74, 6) is 0.304. The van der Waals surface area contributed by atoms with Crippen LogP contribution >= 0.6 is 12.4 Å². The first-order valence-electron chi connectivity index (χ1n) is 6.77. The molecule has 0 amide bonds. The van der Waals surface area contributed by atoms with Gasteiger partial charge in [-0.1, -0.05) is 18.2 Å². The molecule has 0 radical (unpaired) electrons. The molecule has 1 aliphatic heterocycles. The first-order chi connectivity index (χ1) is 8.75. The number of para-hydroxylation sites is 1. The summed E-state index contributed by atoms with van der Waals surface area (Å²) in [6, 6.07) is 10.6. The van der Waals surface area contributed by atoms with Crippen molar-refractivity contribution < 1.29 is 10.3 Å². The molecule has 1 saturated heterocycles. The van der Waals surface area contributed by atoms with Crippen LogP contribution in [0.25, 0.3) is 0 Å². The van der Waals surface area contributed by atoms with Crippen LogP contribution in [0.4, 0.5) is 5.69 Å². The number of carbonyl (C=O) groups is 1. The first kappa shape index (κ1) is 18.9. The third kappa shape index (κ3) is 5.90. The van der Waals surface area contributed by atoms with Gasteiger partial charge in [0.25, 0.3) is 0 Å². The van der Waals surface area contributed by atoms with E-state index in [1.807, 2.05) is 0 Å². The second-order valence-corrected chi connectivity index (χ2v) is 4.97. The Kier molecular flexibility index (Phi) is 9.21. The van der Waals surface area contributed by atoms with Crippen LogP contribution in [0, 0.1) is 0 Å². The molecule has 1 aromatic carbocycles. The zero-order valence-electron chi connectivity index (χ0n) is 12.0. The van der Waals surface area contributed by atoms with Gasteiger partial charge in [0.1, 0.15) is 5.78 Å². The largest absolute Gasteiger partial charge is 0.412 e. The van der Waals surface area contributed by atoms with Crippen molar-refractivity contribution in [3.05, 3.63) is 30.3 Å². The summed E-state index contributed by atoms with van der Waals surface area (Å²) in [6.07, 6.45) is 1.72. The molecule has 1 heterocycles. The van der Waals surface area contributed by atoms with Crippen LogP contribution in [0.3, 0.4) is 0 Å². The molecule has 20 heavy (non-hydrogen) atoms. The lowest BCUT2D eigenvalue weighted by Gasteiger charge is -2.36. The number of ketones is 1. The van der Waals surface area contributed by atoms with E-state index >= 15 is 0 Å². The highest BCUT2D eigenvalue weighted by Crippen LogP contribution is 2.15. The number of halogens is 1. The Balaban J connectivity index is 0.00000180. The van der Waals surface area contributed by atoms with Crippen molar-refractivity contribution in [3.8, 4) is 0 Å². The van der Waals surface area contributed by atoms with Gasteiger partial charge in [-0.05, 0) is 32.0 Å².